The third-order valence-corrected chi connectivity index (χ3v) is 6.74. The highest BCUT2D eigenvalue weighted by atomic mass is 35.5. The van der Waals surface area contributed by atoms with Crippen LogP contribution in [-0.2, 0) is 4.79 Å². The third-order valence-electron chi connectivity index (χ3n) is 6.51. The number of benzene rings is 1. The molecule has 3 atom stereocenters. The van der Waals surface area contributed by atoms with Crippen molar-refractivity contribution >= 4 is 34.2 Å². The van der Waals surface area contributed by atoms with Crippen LogP contribution in [0.25, 0.3) is 10.9 Å². The minimum atomic E-state index is -0.767. The number of nitrogens with one attached hydrogen (secondary N) is 1. The van der Waals surface area contributed by atoms with Gasteiger partial charge in [0.25, 0.3) is 5.91 Å². The Bertz CT molecular complexity index is 1180. The monoisotopic (exact) mass is 439 g/mol. The molecule has 0 aliphatic heterocycles. The van der Waals surface area contributed by atoms with Crippen LogP contribution in [-0.4, -0.2) is 15.9 Å². The first-order valence-electron chi connectivity index (χ1n) is 10.3. The number of carbonyl (C=O) groups excluding carboxylic acids is 1. The summed E-state index contributed by atoms with van der Waals surface area (Å²) < 4.78 is 28.6. The molecule has 2 aliphatic rings. The minimum absolute atomic E-state index is 0.264. The first-order valence-corrected chi connectivity index (χ1v) is 10.7. The van der Waals surface area contributed by atoms with E-state index in [2.05, 4.69) is 15.3 Å². The molecule has 0 radical (unpaired) electrons. The Hall–Kier alpha value is -2.86. The van der Waals surface area contributed by atoms with E-state index in [1.165, 1.54) is 18.3 Å². The predicted molar refractivity (Wildman–Crippen MR) is 116 cm³/mol. The molecule has 3 aromatic rings. The smallest absolute Gasteiger partial charge is 0.285 e. The van der Waals surface area contributed by atoms with Gasteiger partial charge in [-0.25, -0.2) is 13.8 Å². The summed E-state index contributed by atoms with van der Waals surface area (Å²) in [4.78, 5) is 20.6. The van der Waals surface area contributed by atoms with Crippen molar-refractivity contribution in [2.75, 3.05) is 5.32 Å². The van der Waals surface area contributed by atoms with Gasteiger partial charge in [-0.3, -0.25) is 9.78 Å². The van der Waals surface area contributed by atoms with E-state index in [-0.39, 0.29) is 11.6 Å². The van der Waals surface area contributed by atoms with E-state index in [1.54, 1.807) is 24.4 Å². The molecule has 1 N–H and O–H groups in total. The van der Waals surface area contributed by atoms with Gasteiger partial charge in [-0.2, -0.15) is 0 Å². The lowest BCUT2D eigenvalue weighted by atomic mass is 9.91. The van der Waals surface area contributed by atoms with E-state index < -0.39 is 11.7 Å². The van der Waals surface area contributed by atoms with Crippen molar-refractivity contribution in [3.8, 4) is 0 Å². The van der Waals surface area contributed by atoms with Crippen LogP contribution in [0.5, 0.6) is 0 Å². The average Bonchev–Trinajstić information content (AvgIpc) is 3.33. The lowest BCUT2D eigenvalue weighted by Gasteiger charge is -2.15. The molecule has 2 aromatic heterocycles. The molecule has 1 amide bonds. The normalized spacial score (nSPS) is 24.3. The Balaban J connectivity index is 1.30. The number of aromatic nitrogens is 2. The highest BCUT2D eigenvalue weighted by Gasteiger charge is 2.42. The maximum atomic E-state index is 14.8. The van der Waals surface area contributed by atoms with E-state index in [0.717, 1.165) is 29.3 Å². The van der Waals surface area contributed by atoms with E-state index in [4.69, 9.17) is 11.6 Å². The standard InChI is InChI=1S/C24H20ClF2N3O/c25-17-1-4-22(29-12-17)30-24(31)23(27)16-9-13-7-15(8-14(13)10-16)19-5-6-28-21-3-2-18(26)11-20(19)21/h1-6,11-15H,7-10H2,(H,29,30,31)/b23-16-/t13-,14?,15-/m1/s1. The van der Waals surface area contributed by atoms with Crippen molar-refractivity contribution < 1.29 is 13.6 Å². The van der Waals surface area contributed by atoms with Gasteiger partial charge in [0.15, 0.2) is 5.83 Å². The van der Waals surface area contributed by atoms with Crippen molar-refractivity contribution in [1.82, 2.24) is 9.97 Å². The average molecular weight is 440 g/mol. The number of amides is 1. The molecule has 158 valence electrons. The zero-order valence-corrected chi connectivity index (χ0v) is 17.4. The molecule has 2 saturated carbocycles. The third kappa shape index (κ3) is 3.92. The molecule has 0 bridgehead atoms. The predicted octanol–water partition coefficient (Wildman–Crippen LogP) is 6.19. The van der Waals surface area contributed by atoms with Gasteiger partial charge >= 0.3 is 0 Å². The fourth-order valence-electron chi connectivity index (χ4n) is 5.14. The summed E-state index contributed by atoms with van der Waals surface area (Å²) in [5.74, 6) is -0.545. The molecule has 2 heterocycles. The highest BCUT2D eigenvalue weighted by molar-refractivity contribution is 6.30. The number of rotatable bonds is 3. The van der Waals surface area contributed by atoms with Gasteiger partial charge in [-0.1, -0.05) is 11.6 Å². The van der Waals surface area contributed by atoms with Crippen molar-refractivity contribution in [3.63, 3.8) is 0 Å². The molecule has 1 aromatic carbocycles. The van der Waals surface area contributed by atoms with Crippen molar-refractivity contribution in [3.05, 3.63) is 76.6 Å². The number of allylic oxidation sites excluding steroid dienone is 1. The maximum absolute atomic E-state index is 14.8. The van der Waals surface area contributed by atoms with E-state index >= 15 is 0 Å². The first kappa shape index (κ1) is 20.1. The molecule has 7 heteroatoms. The van der Waals surface area contributed by atoms with Crippen molar-refractivity contribution in [2.45, 2.75) is 31.6 Å². The second kappa shape index (κ2) is 8.00. The SMILES string of the molecule is O=C(Nc1ccc(Cl)cn1)/C(F)=C1/CC2C[C@H](c3ccnc4ccc(F)cc34)C[C@@H]2C1. The summed E-state index contributed by atoms with van der Waals surface area (Å²) in [6, 6.07) is 9.77. The van der Waals surface area contributed by atoms with Crippen LogP contribution in [0.3, 0.4) is 0 Å². The summed E-state index contributed by atoms with van der Waals surface area (Å²) >= 11 is 5.78. The largest absolute Gasteiger partial charge is 0.305 e. The number of fused-ring (bicyclic) bond motifs is 2. The second-order valence-corrected chi connectivity index (χ2v) is 8.83. The van der Waals surface area contributed by atoms with Gasteiger partial charge in [-0.15, -0.1) is 0 Å². The highest BCUT2D eigenvalue weighted by Crippen LogP contribution is 2.53. The summed E-state index contributed by atoms with van der Waals surface area (Å²) in [7, 11) is 0. The number of halogens is 3. The molecule has 2 aliphatic carbocycles. The van der Waals surface area contributed by atoms with Gasteiger partial charge < -0.3 is 5.32 Å². The summed E-state index contributed by atoms with van der Waals surface area (Å²) in [6.07, 6.45) is 6.12. The fraction of sp³-hybridized carbons (Fsp3) is 0.292. The number of hydrogen-bond acceptors (Lipinski definition) is 3. The van der Waals surface area contributed by atoms with Gasteiger partial charge in [0.2, 0.25) is 0 Å². The van der Waals surface area contributed by atoms with Crippen LogP contribution in [0.15, 0.2) is 60.2 Å². The van der Waals surface area contributed by atoms with Crippen LogP contribution >= 0.6 is 11.6 Å². The molecule has 0 saturated heterocycles. The molecule has 5 rings (SSSR count). The van der Waals surface area contributed by atoms with Gasteiger partial charge in [0, 0.05) is 17.8 Å². The Labute approximate surface area is 183 Å². The molecule has 2 fully saturated rings. The summed E-state index contributed by atoms with van der Waals surface area (Å²) in [5.41, 5.74) is 2.47. The zero-order valence-electron chi connectivity index (χ0n) is 16.6. The number of hydrogen-bond donors (Lipinski definition) is 1. The molecule has 4 nitrogen and oxygen atoms in total. The van der Waals surface area contributed by atoms with E-state index in [0.29, 0.717) is 41.2 Å². The summed E-state index contributed by atoms with van der Waals surface area (Å²) in [6.45, 7) is 0. The minimum Gasteiger partial charge on any atom is -0.305 e. The molecule has 1 unspecified atom stereocenters. The van der Waals surface area contributed by atoms with Crippen LogP contribution in [0.1, 0.15) is 37.2 Å². The number of carbonyl (C=O) groups is 1. The van der Waals surface area contributed by atoms with Crippen molar-refractivity contribution in [2.24, 2.45) is 11.8 Å². The molecular formula is C24H20ClF2N3O. The molecule has 31 heavy (non-hydrogen) atoms. The van der Waals surface area contributed by atoms with Crippen LogP contribution in [0.4, 0.5) is 14.6 Å². The van der Waals surface area contributed by atoms with Crippen LogP contribution in [0, 0.1) is 17.7 Å². The van der Waals surface area contributed by atoms with E-state index in [1.807, 2.05) is 6.07 Å². The fourth-order valence-corrected chi connectivity index (χ4v) is 5.25. The topological polar surface area (TPSA) is 54.9 Å². The molecule has 0 spiro atoms. The number of anilines is 1. The lowest BCUT2D eigenvalue weighted by Crippen LogP contribution is -2.14. The molecular weight excluding hydrogens is 420 g/mol. The Morgan fingerprint density at radius 2 is 1.84 bits per heavy atom. The Kier molecular flexibility index (Phi) is 5.18. The number of pyridine rings is 2. The van der Waals surface area contributed by atoms with Gasteiger partial charge in [0.05, 0.1) is 10.5 Å². The number of nitrogens with zero attached hydrogens (tertiary/aromatic N) is 2. The Morgan fingerprint density at radius 3 is 2.55 bits per heavy atom. The van der Waals surface area contributed by atoms with E-state index in [9.17, 15) is 13.6 Å². The Morgan fingerprint density at radius 1 is 1.06 bits per heavy atom. The zero-order chi connectivity index (χ0) is 21.5. The van der Waals surface area contributed by atoms with Gasteiger partial charge in [0.1, 0.15) is 11.6 Å². The van der Waals surface area contributed by atoms with Crippen LogP contribution in [0.2, 0.25) is 5.02 Å². The quantitative estimate of drug-likeness (QED) is 0.495. The maximum Gasteiger partial charge on any atom is 0.285 e. The first-order chi connectivity index (χ1) is 15.0. The lowest BCUT2D eigenvalue weighted by molar-refractivity contribution is -0.114. The van der Waals surface area contributed by atoms with Crippen LogP contribution < -0.4 is 5.32 Å². The van der Waals surface area contributed by atoms with Gasteiger partial charge in [-0.05, 0) is 91.0 Å². The van der Waals surface area contributed by atoms with Crippen molar-refractivity contribution in [1.29, 1.82) is 0 Å². The second-order valence-electron chi connectivity index (χ2n) is 8.39. The summed E-state index contributed by atoms with van der Waals surface area (Å²) in [5, 5.41) is 3.78.